The minimum absolute atomic E-state index is 0.0680. The lowest BCUT2D eigenvalue weighted by Gasteiger charge is -2.24. The summed E-state index contributed by atoms with van der Waals surface area (Å²) < 4.78 is 0. The van der Waals surface area contributed by atoms with Crippen molar-refractivity contribution >= 4 is 23.4 Å². The lowest BCUT2D eigenvalue weighted by atomic mass is 10.1. The molecule has 5 heteroatoms. The molecule has 1 atom stereocenters. The average Bonchev–Trinajstić information content (AvgIpc) is 3.15. The maximum atomic E-state index is 11.9. The van der Waals surface area contributed by atoms with Gasteiger partial charge in [-0.25, -0.2) is 0 Å². The van der Waals surface area contributed by atoms with Gasteiger partial charge in [-0.3, -0.25) is 4.79 Å². The van der Waals surface area contributed by atoms with Crippen molar-refractivity contribution in [3.05, 3.63) is 29.8 Å². The second kappa shape index (κ2) is 6.40. The summed E-state index contributed by atoms with van der Waals surface area (Å²) in [7, 11) is 0. The Bertz CT molecular complexity index is 546. The van der Waals surface area contributed by atoms with Crippen LogP contribution in [0.4, 0.5) is 5.69 Å². The third-order valence-electron chi connectivity index (χ3n) is 4.08. The summed E-state index contributed by atoms with van der Waals surface area (Å²) in [4.78, 5) is 16.2. The molecule has 2 fully saturated rings. The predicted octanol–water partition coefficient (Wildman–Crippen LogP) is 2.77. The van der Waals surface area contributed by atoms with Crippen LogP contribution >= 0.6 is 11.8 Å². The summed E-state index contributed by atoms with van der Waals surface area (Å²) in [6, 6.07) is 10.7. The first kappa shape index (κ1) is 14.3. The number of nitriles is 1. The zero-order valence-electron chi connectivity index (χ0n) is 12.0. The summed E-state index contributed by atoms with van der Waals surface area (Å²) >= 11 is 1.65. The van der Waals surface area contributed by atoms with E-state index in [4.69, 9.17) is 5.26 Å². The number of benzene rings is 1. The summed E-state index contributed by atoms with van der Waals surface area (Å²) in [6.45, 7) is 2.81. The molecule has 2 saturated heterocycles. The van der Waals surface area contributed by atoms with Crippen molar-refractivity contribution in [3.63, 3.8) is 0 Å². The number of anilines is 1. The smallest absolute Gasteiger partial charge is 0.233 e. The molecule has 4 nitrogen and oxygen atoms in total. The van der Waals surface area contributed by atoms with E-state index in [1.165, 1.54) is 18.5 Å². The van der Waals surface area contributed by atoms with E-state index in [-0.39, 0.29) is 11.3 Å². The Kier molecular flexibility index (Phi) is 4.35. The van der Waals surface area contributed by atoms with Gasteiger partial charge in [-0.15, -0.1) is 11.8 Å². The maximum Gasteiger partial charge on any atom is 0.233 e. The number of carbonyl (C=O) groups excluding carboxylic acids is 1. The van der Waals surface area contributed by atoms with E-state index in [0.29, 0.717) is 18.7 Å². The van der Waals surface area contributed by atoms with Gasteiger partial charge in [0.2, 0.25) is 5.91 Å². The van der Waals surface area contributed by atoms with Crippen molar-refractivity contribution in [2.45, 2.75) is 24.6 Å². The molecule has 1 aromatic carbocycles. The van der Waals surface area contributed by atoms with Crippen LogP contribution in [-0.4, -0.2) is 36.2 Å². The summed E-state index contributed by atoms with van der Waals surface area (Å²) in [5.41, 5.74) is 2.43. The van der Waals surface area contributed by atoms with Crippen LogP contribution in [0, 0.1) is 11.3 Å². The molecule has 0 aromatic heterocycles. The number of amides is 1. The molecule has 0 saturated carbocycles. The fourth-order valence-corrected chi connectivity index (χ4v) is 4.19. The highest BCUT2D eigenvalue weighted by molar-refractivity contribution is 8.00. The van der Waals surface area contributed by atoms with Gasteiger partial charge in [0.25, 0.3) is 0 Å². The van der Waals surface area contributed by atoms with E-state index < -0.39 is 0 Å². The molecule has 110 valence electrons. The van der Waals surface area contributed by atoms with E-state index >= 15 is 0 Å². The van der Waals surface area contributed by atoms with Gasteiger partial charge < -0.3 is 9.80 Å². The highest BCUT2D eigenvalue weighted by Crippen LogP contribution is 2.39. The zero-order valence-corrected chi connectivity index (χ0v) is 12.8. The second-order valence-corrected chi connectivity index (χ2v) is 6.51. The minimum atomic E-state index is 0.0680. The van der Waals surface area contributed by atoms with Crippen LogP contribution in [0.25, 0.3) is 0 Å². The zero-order chi connectivity index (χ0) is 14.7. The van der Waals surface area contributed by atoms with Crippen LogP contribution < -0.4 is 4.90 Å². The first-order chi connectivity index (χ1) is 10.3. The van der Waals surface area contributed by atoms with Gasteiger partial charge in [0, 0.05) is 25.3 Å². The molecule has 1 amide bonds. The SMILES string of the molecule is N#CCCN1C(=O)CSC1c1ccc(N2CCCC2)cc1. The van der Waals surface area contributed by atoms with Gasteiger partial charge in [0.05, 0.1) is 18.2 Å². The average molecular weight is 301 g/mol. The van der Waals surface area contributed by atoms with Crippen LogP contribution in [0.2, 0.25) is 0 Å². The van der Waals surface area contributed by atoms with Crippen LogP contribution in [0.1, 0.15) is 30.2 Å². The second-order valence-electron chi connectivity index (χ2n) is 5.44. The highest BCUT2D eigenvalue weighted by atomic mass is 32.2. The van der Waals surface area contributed by atoms with Crippen molar-refractivity contribution in [1.82, 2.24) is 4.90 Å². The van der Waals surface area contributed by atoms with Crippen LogP contribution in [0.15, 0.2) is 24.3 Å². The van der Waals surface area contributed by atoms with Gasteiger partial charge >= 0.3 is 0 Å². The fourth-order valence-electron chi connectivity index (χ4n) is 2.97. The van der Waals surface area contributed by atoms with Gasteiger partial charge in [-0.2, -0.15) is 5.26 Å². The van der Waals surface area contributed by atoms with Crippen molar-refractivity contribution in [2.24, 2.45) is 0 Å². The van der Waals surface area contributed by atoms with Crippen molar-refractivity contribution in [1.29, 1.82) is 5.26 Å². The molecule has 2 heterocycles. The summed E-state index contributed by atoms with van der Waals surface area (Å²) in [6.07, 6.45) is 2.95. The monoisotopic (exact) mass is 301 g/mol. The van der Waals surface area contributed by atoms with E-state index in [0.717, 1.165) is 18.7 Å². The highest BCUT2D eigenvalue weighted by Gasteiger charge is 2.32. The van der Waals surface area contributed by atoms with E-state index in [1.807, 2.05) is 4.90 Å². The Morgan fingerprint density at radius 1 is 1.24 bits per heavy atom. The minimum Gasteiger partial charge on any atom is -0.372 e. The molecule has 0 N–H and O–H groups in total. The normalized spacial score (nSPS) is 21.9. The van der Waals surface area contributed by atoms with E-state index in [1.54, 1.807) is 11.8 Å². The van der Waals surface area contributed by atoms with Crippen LogP contribution in [-0.2, 0) is 4.79 Å². The summed E-state index contributed by atoms with van der Waals surface area (Å²) in [5, 5.41) is 8.80. The topological polar surface area (TPSA) is 47.3 Å². The Morgan fingerprint density at radius 2 is 1.95 bits per heavy atom. The number of hydrogen-bond acceptors (Lipinski definition) is 4. The number of nitrogens with zero attached hydrogens (tertiary/aromatic N) is 3. The molecule has 1 unspecified atom stereocenters. The molecule has 21 heavy (non-hydrogen) atoms. The quantitative estimate of drug-likeness (QED) is 0.858. The van der Waals surface area contributed by atoms with Crippen molar-refractivity contribution in [2.75, 3.05) is 30.3 Å². The predicted molar refractivity (Wildman–Crippen MR) is 85.0 cm³/mol. The maximum absolute atomic E-state index is 11.9. The first-order valence-electron chi connectivity index (χ1n) is 7.42. The Labute approximate surface area is 129 Å². The van der Waals surface area contributed by atoms with Gasteiger partial charge in [-0.05, 0) is 30.5 Å². The molecule has 1 aromatic rings. The molecule has 0 aliphatic carbocycles. The Hall–Kier alpha value is -1.67. The molecule has 0 radical (unpaired) electrons. The van der Waals surface area contributed by atoms with Crippen LogP contribution in [0.3, 0.4) is 0 Å². The molecule has 3 rings (SSSR count). The molecule has 0 spiro atoms. The molecule has 2 aliphatic rings. The Balaban J connectivity index is 1.73. The lowest BCUT2D eigenvalue weighted by Crippen LogP contribution is -2.29. The molecule has 2 aliphatic heterocycles. The number of thioether (sulfide) groups is 1. The largest absolute Gasteiger partial charge is 0.372 e. The molecular weight excluding hydrogens is 282 g/mol. The first-order valence-corrected chi connectivity index (χ1v) is 8.47. The molecule has 0 bridgehead atoms. The number of carbonyl (C=O) groups is 1. The third-order valence-corrected chi connectivity index (χ3v) is 5.34. The standard InChI is InChI=1S/C16H19N3OS/c17-8-3-11-19-15(20)12-21-16(19)13-4-6-14(7-5-13)18-9-1-2-10-18/h4-7,16H,1-3,9-12H2. The summed E-state index contributed by atoms with van der Waals surface area (Å²) in [5.74, 6) is 0.660. The lowest BCUT2D eigenvalue weighted by molar-refractivity contribution is -0.127. The van der Waals surface area contributed by atoms with E-state index in [9.17, 15) is 4.79 Å². The third kappa shape index (κ3) is 3.01. The fraction of sp³-hybridized carbons (Fsp3) is 0.500. The van der Waals surface area contributed by atoms with Crippen molar-refractivity contribution < 1.29 is 4.79 Å². The van der Waals surface area contributed by atoms with Crippen LogP contribution in [0.5, 0.6) is 0 Å². The number of rotatable bonds is 4. The van der Waals surface area contributed by atoms with Gasteiger partial charge in [-0.1, -0.05) is 12.1 Å². The van der Waals surface area contributed by atoms with E-state index in [2.05, 4.69) is 35.2 Å². The van der Waals surface area contributed by atoms with Gasteiger partial charge in [0.1, 0.15) is 5.37 Å². The molecular formula is C16H19N3OS. The van der Waals surface area contributed by atoms with Crippen molar-refractivity contribution in [3.8, 4) is 6.07 Å². The number of hydrogen-bond donors (Lipinski definition) is 0. The Morgan fingerprint density at radius 3 is 2.62 bits per heavy atom. The van der Waals surface area contributed by atoms with Gasteiger partial charge in [0.15, 0.2) is 0 Å².